The Balaban J connectivity index is 2.68. The summed E-state index contributed by atoms with van der Waals surface area (Å²) < 4.78 is 30.7. The quantitative estimate of drug-likeness (QED) is 0.872. The second-order valence-electron chi connectivity index (χ2n) is 3.73. The molecule has 8 heteroatoms. The predicted octanol–water partition coefficient (Wildman–Crippen LogP) is 2.74. The van der Waals surface area contributed by atoms with E-state index >= 15 is 0 Å². The molecule has 102 valence electrons. The number of benzene rings is 1. The number of aromatic nitrogens is 2. The van der Waals surface area contributed by atoms with Crippen molar-refractivity contribution in [1.82, 2.24) is 9.19 Å². The lowest BCUT2D eigenvalue weighted by molar-refractivity contribution is 0.402. The summed E-state index contributed by atoms with van der Waals surface area (Å²) >= 11 is 11.8. The molecule has 0 N–H and O–H groups in total. The normalized spacial score (nSPS) is 11.6. The van der Waals surface area contributed by atoms with Crippen LogP contribution in [-0.2, 0) is 10.0 Å². The molecule has 0 saturated heterocycles. The molecule has 0 amide bonds. The number of hydrogen-bond acceptors (Lipinski definition) is 4. The number of ether oxygens (including phenoxy) is 1. The van der Waals surface area contributed by atoms with Gasteiger partial charge < -0.3 is 4.74 Å². The van der Waals surface area contributed by atoms with Crippen molar-refractivity contribution in [1.29, 1.82) is 0 Å². The van der Waals surface area contributed by atoms with Crippen LogP contribution in [0.3, 0.4) is 0 Å². The van der Waals surface area contributed by atoms with Crippen molar-refractivity contribution in [3.05, 3.63) is 40.1 Å². The smallest absolute Gasteiger partial charge is 0.286 e. The van der Waals surface area contributed by atoms with Gasteiger partial charge in [0.15, 0.2) is 5.75 Å². The van der Waals surface area contributed by atoms with Gasteiger partial charge in [-0.15, -0.1) is 0 Å². The van der Waals surface area contributed by atoms with Gasteiger partial charge in [-0.05, 0) is 25.1 Å². The average Bonchev–Trinajstić information content (AvgIpc) is 2.79. The Labute approximate surface area is 120 Å². The van der Waals surface area contributed by atoms with Gasteiger partial charge in [0.1, 0.15) is 9.92 Å². The van der Waals surface area contributed by atoms with Crippen LogP contribution in [0.15, 0.2) is 29.3 Å². The van der Waals surface area contributed by atoms with Crippen LogP contribution >= 0.6 is 23.2 Å². The van der Waals surface area contributed by atoms with Crippen molar-refractivity contribution in [2.45, 2.75) is 11.8 Å². The van der Waals surface area contributed by atoms with E-state index in [0.717, 1.165) is 4.09 Å². The molecule has 1 aromatic carbocycles. The minimum absolute atomic E-state index is 0.00215. The fourth-order valence-corrected chi connectivity index (χ4v) is 3.30. The molecule has 5 nitrogen and oxygen atoms in total. The molecule has 0 spiro atoms. The molecule has 0 saturated carbocycles. The zero-order valence-corrected chi connectivity index (χ0v) is 12.4. The van der Waals surface area contributed by atoms with Gasteiger partial charge in [-0.2, -0.15) is 17.6 Å². The lowest BCUT2D eigenvalue weighted by atomic mass is 10.3. The summed E-state index contributed by atoms with van der Waals surface area (Å²) in [6.07, 6.45) is 1.35. The van der Waals surface area contributed by atoms with Crippen LogP contribution in [0.2, 0.25) is 10.0 Å². The Bertz CT molecular complexity index is 726. The second-order valence-corrected chi connectivity index (χ2v) is 6.28. The van der Waals surface area contributed by atoms with Gasteiger partial charge in [-0.3, -0.25) is 0 Å². The molecular weight excluding hydrogens is 311 g/mol. The molecule has 1 aromatic heterocycles. The van der Waals surface area contributed by atoms with Crippen LogP contribution in [-0.4, -0.2) is 24.7 Å². The Morgan fingerprint density at radius 2 is 1.95 bits per heavy atom. The molecule has 2 aromatic rings. The van der Waals surface area contributed by atoms with Crippen LogP contribution in [0, 0.1) is 6.92 Å². The maximum absolute atomic E-state index is 12.4. The van der Waals surface area contributed by atoms with Crippen molar-refractivity contribution in [3.63, 3.8) is 0 Å². The third kappa shape index (κ3) is 2.43. The number of nitrogens with zero attached hydrogens (tertiary/aromatic N) is 2. The topological polar surface area (TPSA) is 61.2 Å². The summed E-state index contributed by atoms with van der Waals surface area (Å²) in [5, 5.41) is 4.15. The molecular formula is C11H10Cl2N2O3S. The van der Waals surface area contributed by atoms with Crippen molar-refractivity contribution >= 4 is 33.2 Å². The highest BCUT2D eigenvalue weighted by Gasteiger charge is 2.25. The first-order valence-electron chi connectivity index (χ1n) is 5.17. The summed E-state index contributed by atoms with van der Waals surface area (Å²) in [4.78, 5) is -0.0903. The van der Waals surface area contributed by atoms with E-state index in [1.165, 1.54) is 25.4 Å². The highest BCUT2D eigenvalue weighted by molar-refractivity contribution is 7.90. The van der Waals surface area contributed by atoms with Gasteiger partial charge in [-0.1, -0.05) is 23.2 Å². The van der Waals surface area contributed by atoms with Gasteiger partial charge in [0.2, 0.25) is 0 Å². The molecule has 19 heavy (non-hydrogen) atoms. The zero-order chi connectivity index (χ0) is 14.2. The van der Waals surface area contributed by atoms with E-state index in [2.05, 4.69) is 5.10 Å². The zero-order valence-electron chi connectivity index (χ0n) is 10.1. The average molecular weight is 321 g/mol. The largest absolute Gasteiger partial charge is 0.494 e. The molecule has 2 rings (SSSR count). The van der Waals surface area contributed by atoms with E-state index in [1.807, 2.05) is 0 Å². The minimum atomic E-state index is -3.86. The van der Waals surface area contributed by atoms with Gasteiger partial charge in [0.05, 0.1) is 17.8 Å². The van der Waals surface area contributed by atoms with Gasteiger partial charge in [0.25, 0.3) is 10.0 Å². The van der Waals surface area contributed by atoms with Crippen LogP contribution in [0.1, 0.15) is 5.69 Å². The number of rotatable bonds is 3. The predicted molar refractivity (Wildman–Crippen MR) is 72.6 cm³/mol. The Kier molecular flexibility index (Phi) is 3.75. The molecule has 0 bridgehead atoms. The van der Waals surface area contributed by atoms with E-state index in [-0.39, 0.29) is 20.7 Å². The summed E-state index contributed by atoms with van der Waals surface area (Å²) in [5.74, 6) is 0.00215. The molecule has 1 heterocycles. The second kappa shape index (κ2) is 5.03. The number of aryl methyl sites for hydroxylation is 1. The molecule has 0 fully saturated rings. The van der Waals surface area contributed by atoms with Crippen molar-refractivity contribution in [3.8, 4) is 5.75 Å². The van der Waals surface area contributed by atoms with Crippen molar-refractivity contribution in [2.24, 2.45) is 0 Å². The Morgan fingerprint density at radius 3 is 2.47 bits per heavy atom. The van der Waals surface area contributed by atoms with Gasteiger partial charge >= 0.3 is 0 Å². The molecule has 0 aliphatic heterocycles. The maximum Gasteiger partial charge on any atom is 0.286 e. The lowest BCUT2D eigenvalue weighted by Gasteiger charge is -2.11. The van der Waals surface area contributed by atoms with Crippen LogP contribution in [0.25, 0.3) is 0 Å². The Hall–Kier alpha value is -1.24. The lowest BCUT2D eigenvalue weighted by Crippen LogP contribution is -2.15. The molecule has 0 aliphatic rings. The van der Waals surface area contributed by atoms with Gasteiger partial charge in [0, 0.05) is 6.20 Å². The first-order valence-corrected chi connectivity index (χ1v) is 7.37. The van der Waals surface area contributed by atoms with E-state index < -0.39 is 10.0 Å². The SMILES string of the molecule is COc1c(S(=O)(=O)n2ccc(C)n2)ccc(Cl)c1Cl. The third-order valence-corrected chi connectivity index (χ3v) is 4.80. The number of hydrogen-bond donors (Lipinski definition) is 0. The first-order chi connectivity index (χ1) is 8.87. The maximum atomic E-state index is 12.4. The van der Waals surface area contributed by atoms with E-state index in [4.69, 9.17) is 27.9 Å². The van der Waals surface area contributed by atoms with Crippen LogP contribution < -0.4 is 4.74 Å². The van der Waals surface area contributed by atoms with Crippen LogP contribution in [0.5, 0.6) is 5.75 Å². The molecule has 0 aliphatic carbocycles. The first kappa shape index (κ1) is 14.2. The summed E-state index contributed by atoms with van der Waals surface area (Å²) in [5.41, 5.74) is 0.586. The van der Waals surface area contributed by atoms with E-state index in [9.17, 15) is 8.42 Å². The third-order valence-electron chi connectivity index (χ3n) is 2.44. The number of methoxy groups -OCH3 is 1. The highest BCUT2D eigenvalue weighted by atomic mass is 35.5. The fraction of sp³-hybridized carbons (Fsp3) is 0.182. The fourth-order valence-electron chi connectivity index (χ4n) is 1.54. The minimum Gasteiger partial charge on any atom is -0.494 e. The molecule has 0 unspecified atom stereocenters. The summed E-state index contributed by atoms with van der Waals surface area (Å²) in [6, 6.07) is 4.32. The van der Waals surface area contributed by atoms with E-state index in [0.29, 0.717) is 5.69 Å². The number of halogens is 2. The highest BCUT2D eigenvalue weighted by Crippen LogP contribution is 2.37. The van der Waals surface area contributed by atoms with Crippen molar-refractivity contribution < 1.29 is 13.2 Å². The molecule has 0 atom stereocenters. The summed E-state index contributed by atoms with van der Waals surface area (Å²) in [6.45, 7) is 1.69. The van der Waals surface area contributed by atoms with E-state index in [1.54, 1.807) is 13.0 Å². The van der Waals surface area contributed by atoms with Crippen molar-refractivity contribution in [2.75, 3.05) is 7.11 Å². The van der Waals surface area contributed by atoms with Crippen LogP contribution in [0.4, 0.5) is 0 Å². The summed E-state index contributed by atoms with van der Waals surface area (Å²) in [7, 11) is -2.54. The van der Waals surface area contributed by atoms with Gasteiger partial charge in [-0.25, -0.2) is 0 Å². The monoisotopic (exact) mass is 320 g/mol. The standard InChI is InChI=1S/C11H10Cl2N2O3S/c1-7-5-6-15(14-7)19(16,17)9-4-3-8(12)10(13)11(9)18-2/h3-6H,1-2H3. The molecule has 0 radical (unpaired) electrons. The Morgan fingerprint density at radius 1 is 1.26 bits per heavy atom.